The predicted molar refractivity (Wildman–Crippen MR) is 102 cm³/mol. The van der Waals surface area contributed by atoms with Gasteiger partial charge in [-0.1, -0.05) is 24.6 Å². The van der Waals surface area contributed by atoms with Gasteiger partial charge in [0.25, 0.3) is 0 Å². The van der Waals surface area contributed by atoms with Gasteiger partial charge < -0.3 is 9.47 Å². The van der Waals surface area contributed by atoms with Crippen molar-refractivity contribution in [2.24, 2.45) is 11.8 Å². The Balaban J connectivity index is 1.86. The topological polar surface area (TPSA) is 93.2 Å². The zero-order valence-corrected chi connectivity index (χ0v) is 16.5. The lowest BCUT2D eigenvalue weighted by Gasteiger charge is -2.42. The smallest absolute Gasteiger partial charge is 0.327 e. The van der Waals surface area contributed by atoms with E-state index in [2.05, 4.69) is 0 Å². The molecule has 2 amide bonds. The molecule has 3 saturated heterocycles. The minimum Gasteiger partial charge on any atom is -0.469 e. The van der Waals surface area contributed by atoms with Gasteiger partial charge in [-0.05, 0) is 31.5 Å². The Bertz CT molecular complexity index is 856. The number of imide groups is 1. The Morgan fingerprint density at radius 3 is 2.45 bits per heavy atom. The first-order chi connectivity index (χ1) is 14.0. The number of amides is 2. The molecular weight excluding hydrogens is 376 g/mol. The molecule has 154 valence electrons. The number of carbonyl (C=O) groups is 4. The third kappa shape index (κ3) is 2.69. The summed E-state index contributed by atoms with van der Waals surface area (Å²) in [6.45, 7) is 0.523. The number of piperidine rings is 1. The second-order valence-electron chi connectivity index (χ2n) is 7.78. The van der Waals surface area contributed by atoms with E-state index in [0.717, 1.165) is 17.7 Å². The third-order valence-electron chi connectivity index (χ3n) is 6.54. The largest absolute Gasteiger partial charge is 0.469 e. The second-order valence-corrected chi connectivity index (χ2v) is 7.78. The maximum absolute atomic E-state index is 13.6. The molecule has 3 fully saturated rings. The minimum atomic E-state index is -1.53. The first-order valence-corrected chi connectivity index (χ1v) is 9.82. The van der Waals surface area contributed by atoms with Crippen LogP contribution < -0.4 is 4.90 Å². The molecule has 0 N–H and O–H groups in total. The summed E-state index contributed by atoms with van der Waals surface area (Å²) in [5.41, 5.74) is -1.07. The summed E-state index contributed by atoms with van der Waals surface area (Å²) in [6, 6.07) is 8.39. The van der Waals surface area contributed by atoms with Crippen LogP contribution in [0.25, 0.3) is 0 Å². The summed E-state index contributed by atoms with van der Waals surface area (Å²) in [6.07, 6.45) is 2.07. The van der Waals surface area contributed by atoms with Crippen molar-refractivity contribution in [3.8, 4) is 0 Å². The molecule has 0 aromatic heterocycles. The first kappa shape index (κ1) is 19.6. The molecule has 8 nitrogen and oxygen atoms in total. The zero-order chi connectivity index (χ0) is 20.8. The molecule has 3 aliphatic heterocycles. The highest BCUT2D eigenvalue weighted by Crippen LogP contribution is 2.54. The van der Waals surface area contributed by atoms with Crippen molar-refractivity contribution in [1.29, 1.82) is 0 Å². The fourth-order valence-corrected chi connectivity index (χ4v) is 5.41. The maximum Gasteiger partial charge on any atom is 0.327 e. The summed E-state index contributed by atoms with van der Waals surface area (Å²) < 4.78 is 9.94. The number of hydrogen-bond acceptors (Lipinski definition) is 7. The van der Waals surface area contributed by atoms with Crippen molar-refractivity contribution < 1.29 is 28.7 Å². The molecule has 0 aliphatic carbocycles. The van der Waals surface area contributed by atoms with Crippen molar-refractivity contribution >= 4 is 29.4 Å². The summed E-state index contributed by atoms with van der Waals surface area (Å²) in [7, 11) is 2.48. The quantitative estimate of drug-likeness (QED) is 0.553. The number of rotatable bonds is 4. The molecule has 0 saturated carbocycles. The molecule has 4 rings (SSSR count). The van der Waals surface area contributed by atoms with E-state index in [9.17, 15) is 19.2 Å². The monoisotopic (exact) mass is 400 g/mol. The minimum absolute atomic E-state index is 0.289. The number of esters is 2. The highest BCUT2D eigenvalue weighted by Gasteiger charge is 2.72. The van der Waals surface area contributed by atoms with Gasteiger partial charge in [0.05, 0.1) is 38.2 Å². The van der Waals surface area contributed by atoms with Crippen LogP contribution in [-0.4, -0.2) is 61.0 Å². The molecule has 0 unspecified atom stereocenters. The number of fused-ring (bicyclic) bond motifs is 3. The van der Waals surface area contributed by atoms with Gasteiger partial charge in [-0.2, -0.15) is 0 Å². The van der Waals surface area contributed by atoms with E-state index >= 15 is 0 Å². The zero-order valence-electron chi connectivity index (χ0n) is 16.5. The van der Waals surface area contributed by atoms with Gasteiger partial charge in [0, 0.05) is 6.04 Å². The first-order valence-electron chi connectivity index (χ1n) is 9.82. The van der Waals surface area contributed by atoms with Gasteiger partial charge in [0.1, 0.15) is 5.54 Å². The van der Waals surface area contributed by atoms with E-state index in [1.165, 1.54) is 14.2 Å². The molecular formula is C21H24N2O6. The number of anilines is 1. The van der Waals surface area contributed by atoms with Crippen molar-refractivity contribution in [2.45, 2.75) is 37.3 Å². The lowest BCUT2D eigenvalue weighted by molar-refractivity contribution is -0.166. The lowest BCUT2D eigenvalue weighted by atomic mass is 9.77. The van der Waals surface area contributed by atoms with Crippen molar-refractivity contribution in [2.75, 3.05) is 25.7 Å². The number of ether oxygens (including phenoxy) is 2. The Hall–Kier alpha value is -2.74. The van der Waals surface area contributed by atoms with E-state index in [4.69, 9.17) is 9.47 Å². The van der Waals surface area contributed by atoms with E-state index in [0.29, 0.717) is 18.7 Å². The summed E-state index contributed by atoms with van der Waals surface area (Å²) in [5.74, 6) is -3.73. The number of para-hydroxylation sites is 1. The van der Waals surface area contributed by atoms with Gasteiger partial charge in [-0.15, -0.1) is 0 Å². The SMILES string of the molecule is COC(=O)C[C@@]1(C(=O)OC)[C@H]2C(=O)N(c3ccccc3)C(=O)[C@H]2[C@H]2CCCCN21. The van der Waals surface area contributed by atoms with Crippen molar-refractivity contribution in [1.82, 2.24) is 4.90 Å². The van der Waals surface area contributed by atoms with Crippen LogP contribution in [0, 0.1) is 11.8 Å². The van der Waals surface area contributed by atoms with Crippen LogP contribution in [0.4, 0.5) is 5.69 Å². The van der Waals surface area contributed by atoms with Crippen LogP contribution in [0.1, 0.15) is 25.7 Å². The highest BCUT2D eigenvalue weighted by molar-refractivity contribution is 6.24. The molecule has 4 atom stereocenters. The number of carbonyl (C=O) groups excluding carboxylic acids is 4. The van der Waals surface area contributed by atoms with Gasteiger partial charge in [0.2, 0.25) is 11.8 Å². The standard InChI is InChI=1S/C21H24N2O6/c1-28-15(24)12-21(20(27)29-2)17-16(14-10-6-7-11-22(14)21)18(25)23(19(17)26)13-8-4-3-5-9-13/h3-5,8-9,14,16-17H,6-7,10-12H2,1-2H3/t14-,16+,17-,21+/m1/s1. The summed E-state index contributed by atoms with van der Waals surface area (Å²) in [4.78, 5) is 55.5. The van der Waals surface area contributed by atoms with Crippen LogP contribution in [0.2, 0.25) is 0 Å². The number of methoxy groups -OCH3 is 2. The highest BCUT2D eigenvalue weighted by atomic mass is 16.5. The Morgan fingerprint density at radius 1 is 1.07 bits per heavy atom. The summed E-state index contributed by atoms with van der Waals surface area (Å²) >= 11 is 0. The molecule has 1 aromatic carbocycles. The van der Waals surface area contributed by atoms with Crippen LogP contribution >= 0.6 is 0 Å². The Morgan fingerprint density at radius 2 is 1.79 bits per heavy atom. The van der Waals surface area contributed by atoms with Gasteiger partial charge in [-0.3, -0.25) is 24.1 Å². The molecule has 3 heterocycles. The molecule has 0 radical (unpaired) electrons. The average Bonchev–Trinajstić information content (AvgIpc) is 3.19. The molecule has 0 spiro atoms. The van der Waals surface area contributed by atoms with Gasteiger partial charge >= 0.3 is 11.9 Å². The Kier molecular flexibility index (Phi) is 4.90. The van der Waals surface area contributed by atoms with E-state index in [1.54, 1.807) is 30.3 Å². The van der Waals surface area contributed by atoms with Crippen molar-refractivity contribution in [3.63, 3.8) is 0 Å². The predicted octanol–water partition coefficient (Wildman–Crippen LogP) is 1.14. The van der Waals surface area contributed by atoms with Crippen molar-refractivity contribution in [3.05, 3.63) is 30.3 Å². The third-order valence-corrected chi connectivity index (χ3v) is 6.54. The van der Waals surface area contributed by atoms with E-state index in [-0.39, 0.29) is 18.4 Å². The second kappa shape index (κ2) is 7.26. The van der Waals surface area contributed by atoms with Gasteiger partial charge in [0.15, 0.2) is 0 Å². The average molecular weight is 400 g/mol. The van der Waals surface area contributed by atoms with E-state index in [1.807, 2.05) is 4.90 Å². The summed E-state index contributed by atoms with van der Waals surface area (Å²) in [5, 5.41) is 0. The molecule has 1 aromatic rings. The fraction of sp³-hybridized carbons (Fsp3) is 0.524. The maximum atomic E-state index is 13.6. The van der Waals surface area contributed by atoms with Crippen LogP contribution in [0.5, 0.6) is 0 Å². The fourth-order valence-electron chi connectivity index (χ4n) is 5.41. The van der Waals surface area contributed by atoms with Crippen LogP contribution in [-0.2, 0) is 28.7 Å². The van der Waals surface area contributed by atoms with Crippen LogP contribution in [0.3, 0.4) is 0 Å². The molecule has 8 heteroatoms. The lowest BCUT2D eigenvalue weighted by Crippen LogP contribution is -2.61. The molecule has 29 heavy (non-hydrogen) atoms. The van der Waals surface area contributed by atoms with Gasteiger partial charge in [-0.25, -0.2) is 4.90 Å². The number of hydrogen-bond donors (Lipinski definition) is 0. The van der Waals surface area contributed by atoms with E-state index < -0.39 is 35.2 Å². The Labute approximate surface area is 168 Å². The van der Waals surface area contributed by atoms with Crippen LogP contribution in [0.15, 0.2) is 30.3 Å². The molecule has 3 aliphatic rings. The normalized spacial score (nSPS) is 31.4. The number of benzene rings is 1. The molecule has 0 bridgehead atoms. The number of nitrogens with zero attached hydrogens (tertiary/aromatic N) is 2.